The van der Waals surface area contributed by atoms with Crippen molar-refractivity contribution in [1.29, 1.82) is 0 Å². The molecule has 0 aliphatic carbocycles. The number of aryl methyl sites for hydroxylation is 1. The monoisotopic (exact) mass is 503 g/mol. The van der Waals surface area contributed by atoms with Crippen molar-refractivity contribution in [3.63, 3.8) is 0 Å². The van der Waals surface area contributed by atoms with Gasteiger partial charge in [-0.1, -0.05) is 60.7 Å². The molecule has 0 fully saturated rings. The van der Waals surface area contributed by atoms with Gasteiger partial charge in [0.25, 0.3) is 0 Å². The van der Waals surface area contributed by atoms with E-state index in [-0.39, 0.29) is 24.0 Å². The van der Waals surface area contributed by atoms with Crippen LogP contribution < -0.4 is 10.6 Å². The van der Waals surface area contributed by atoms with E-state index >= 15 is 0 Å². The van der Waals surface area contributed by atoms with E-state index in [1.165, 1.54) is 16.7 Å². The first-order valence-electron chi connectivity index (χ1n) is 9.75. The Bertz CT molecular complexity index is 861. The van der Waals surface area contributed by atoms with E-state index in [1.807, 2.05) is 31.2 Å². The summed E-state index contributed by atoms with van der Waals surface area (Å²) in [5.74, 6) is 1.21. The Kier molecular flexibility index (Phi) is 9.70. The van der Waals surface area contributed by atoms with Crippen LogP contribution in [0.15, 0.2) is 78.0 Å². The van der Waals surface area contributed by atoms with E-state index in [0.717, 1.165) is 31.9 Å². The Hall–Kier alpha value is -2.35. The SMILES string of the molecule is CN=C(NCCc1cnn(C)c1)NCC(Cc1ccccc1)c1ccccc1.I. The first kappa shape index (κ1) is 22.9. The fourth-order valence-corrected chi connectivity index (χ4v) is 3.30. The molecule has 1 atom stereocenters. The van der Waals surface area contributed by atoms with Gasteiger partial charge >= 0.3 is 0 Å². The van der Waals surface area contributed by atoms with Crippen molar-refractivity contribution < 1.29 is 0 Å². The fourth-order valence-electron chi connectivity index (χ4n) is 3.30. The molecule has 0 aliphatic heterocycles. The van der Waals surface area contributed by atoms with Crippen molar-refractivity contribution in [1.82, 2.24) is 20.4 Å². The van der Waals surface area contributed by atoms with E-state index in [4.69, 9.17) is 0 Å². The zero-order chi connectivity index (χ0) is 19.6. The number of guanidine groups is 1. The van der Waals surface area contributed by atoms with Crippen molar-refractivity contribution in [3.05, 3.63) is 89.7 Å². The normalized spacial score (nSPS) is 12.1. The number of nitrogens with one attached hydrogen (secondary N) is 2. The second-order valence-electron chi connectivity index (χ2n) is 6.95. The number of hydrogen-bond acceptors (Lipinski definition) is 2. The van der Waals surface area contributed by atoms with E-state index in [0.29, 0.717) is 5.92 Å². The summed E-state index contributed by atoms with van der Waals surface area (Å²) < 4.78 is 1.83. The summed E-state index contributed by atoms with van der Waals surface area (Å²) in [6.45, 7) is 1.64. The average molecular weight is 503 g/mol. The van der Waals surface area contributed by atoms with Gasteiger partial charge in [0.1, 0.15) is 0 Å². The fraction of sp³-hybridized carbons (Fsp3) is 0.304. The summed E-state index contributed by atoms with van der Waals surface area (Å²) >= 11 is 0. The predicted molar refractivity (Wildman–Crippen MR) is 131 cm³/mol. The Labute approximate surface area is 190 Å². The van der Waals surface area contributed by atoms with E-state index in [2.05, 4.69) is 81.4 Å². The molecule has 0 aliphatic rings. The lowest BCUT2D eigenvalue weighted by molar-refractivity contribution is 0.644. The minimum atomic E-state index is 0. The van der Waals surface area contributed by atoms with Gasteiger partial charge in [-0.15, -0.1) is 24.0 Å². The van der Waals surface area contributed by atoms with Crippen molar-refractivity contribution in [2.75, 3.05) is 20.1 Å². The van der Waals surface area contributed by atoms with Gasteiger partial charge < -0.3 is 10.6 Å². The van der Waals surface area contributed by atoms with Gasteiger partial charge in [-0.3, -0.25) is 9.67 Å². The molecule has 5 nitrogen and oxygen atoms in total. The number of benzene rings is 2. The Balaban J connectivity index is 0.00000300. The molecule has 0 spiro atoms. The molecule has 1 aromatic heterocycles. The molecule has 1 heterocycles. The quantitative estimate of drug-likeness (QED) is 0.280. The van der Waals surface area contributed by atoms with Crippen LogP contribution in [0, 0.1) is 0 Å². The average Bonchev–Trinajstić information content (AvgIpc) is 3.16. The number of aromatic nitrogens is 2. The third kappa shape index (κ3) is 7.53. The third-order valence-corrected chi connectivity index (χ3v) is 4.80. The third-order valence-electron chi connectivity index (χ3n) is 4.80. The molecular weight excluding hydrogens is 473 g/mol. The highest BCUT2D eigenvalue weighted by Crippen LogP contribution is 2.20. The molecule has 29 heavy (non-hydrogen) atoms. The zero-order valence-corrected chi connectivity index (χ0v) is 19.4. The number of aliphatic imine (C=N–C) groups is 1. The van der Waals surface area contributed by atoms with Crippen LogP contribution in [-0.4, -0.2) is 35.9 Å². The molecule has 0 bridgehead atoms. The Morgan fingerprint density at radius 3 is 2.31 bits per heavy atom. The minimum Gasteiger partial charge on any atom is -0.356 e. The predicted octanol–water partition coefficient (Wildman–Crippen LogP) is 3.77. The van der Waals surface area contributed by atoms with E-state index in [1.54, 1.807) is 0 Å². The molecule has 0 saturated carbocycles. The number of halogens is 1. The molecule has 6 heteroatoms. The van der Waals surface area contributed by atoms with E-state index in [9.17, 15) is 0 Å². The minimum absolute atomic E-state index is 0. The molecule has 1 unspecified atom stereocenters. The lowest BCUT2D eigenvalue weighted by atomic mass is 9.92. The van der Waals surface area contributed by atoms with Gasteiger partial charge in [0.15, 0.2) is 5.96 Å². The molecule has 2 N–H and O–H groups in total. The first-order valence-corrected chi connectivity index (χ1v) is 9.75. The summed E-state index contributed by atoms with van der Waals surface area (Å²) in [5, 5.41) is 11.1. The van der Waals surface area contributed by atoms with Crippen molar-refractivity contribution in [3.8, 4) is 0 Å². The van der Waals surface area contributed by atoms with Gasteiger partial charge in [0, 0.05) is 39.3 Å². The molecule has 2 aromatic carbocycles. The number of hydrogen-bond donors (Lipinski definition) is 2. The summed E-state index contributed by atoms with van der Waals surface area (Å²) in [5.41, 5.74) is 3.90. The number of nitrogens with zero attached hydrogens (tertiary/aromatic N) is 3. The van der Waals surface area contributed by atoms with Crippen LogP contribution in [0.4, 0.5) is 0 Å². The van der Waals surface area contributed by atoms with E-state index < -0.39 is 0 Å². The standard InChI is InChI=1S/C23H29N5.HI/c1-24-23(25-14-13-20-16-27-28(2)18-20)26-17-22(21-11-7-4-8-12-21)15-19-9-5-3-6-10-19;/h3-12,16,18,22H,13-15,17H2,1-2H3,(H2,24,25,26);1H. The smallest absolute Gasteiger partial charge is 0.191 e. The maximum absolute atomic E-state index is 4.37. The highest BCUT2D eigenvalue weighted by Gasteiger charge is 2.13. The second kappa shape index (κ2) is 12.3. The summed E-state index contributed by atoms with van der Waals surface area (Å²) in [4.78, 5) is 4.37. The molecule has 3 aromatic rings. The lowest BCUT2D eigenvalue weighted by Crippen LogP contribution is -2.40. The first-order chi connectivity index (χ1) is 13.7. The van der Waals surface area contributed by atoms with Crippen LogP contribution in [0.3, 0.4) is 0 Å². The van der Waals surface area contributed by atoms with Gasteiger partial charge in [0.05, 0.1) is 6.20 Å². The highest BCUT2D eigenvalue weighted by molar-refractivity contribution is 14.0. The second-order valence-corrected chi connectivity index (χ2v) is 6.95. The highest BCUT2D eigenvalue weighted by atomic mass is 127. The maximum Gasteiger partial charge on any atom is 0.191 e. The topological polar surface area (TPSA) is 54.2 Å². The molecule has 154 valence electrons. The van der Waals surface area contributed by atoms with Crippen LogP contribution in [0.2, 0.25) is 0 Å². The maximum atomic E-state index is 4.37. The van der Waals surface area contributed by atoms with Crippen LogP contribution in [0.25, 0.3) is 0 Å². The van der Waals surface area contributed by atoms with Gasteiger partial charge in [-0.05, 0) is 29.5 Å². The Morgan fingerprint density at radius 1 is 1.00 bits per heavy atom. The van der Waals surface area contributed by atoms with Gasteiger partial charge in [0.2, 0.25) is 0 Å². The van der Waals surface area contributed by atoms with Crippen molar-refractivity contribution in [2.45, 2.75) is 18.8 Å². The van der Waals surface area contributed by atoms with Crippen LogP contribution >= 0.6 is 24.0 Å². The Morgan fingerprint density at radius 2 is 1.69 bits per heavy atom. The lowest BCUT2D eigenvalue weighted by Gasteiger charge is -2.20. The molecule has 0 radical (unpaired) electrons. The van der Waals surface area contributed by atoms with Crippen LogP contribution in [0.1, 0.15) is 22.6 Å². The van der Waals surface area contributed by atoms with Crippen molar-refractivity contribution >= 4 is 29.9 Å². The van der Waals surface area contributed by atoms with Crippen molar-refractivity contribution in [2.24, 2.45) is 12.0 Å². The molecule has 3 rings (SSSR count). The zero-order valence-electron chi connectivity index (χ0n) is 17.1. The van der Waals surface area contributed by atoms with Crippen LogP contribution in [-0.2, 0) is 19.9 Å². The van der Waals surface area contributed by atoms with Crippen LogP contribution in [0.5, 0.6) is 0 Å². The molecule has 0 amide bonds. The molecule has 0 saturated heterocycles. The largest absolute Gasteiger partial charge is 0.356 e. The number of rotatable bonds is 8. The summed E-state index contributed by atoms with van der Waals surface area (Å²) in [6.07, 6.45) is 5.86. The molecular formula is C23H30IN5. The summed E-state index contributed by atoms with van der Waals surface area (Å²) in [7, 11) is 3.75. The van der Waals surface area contributed by atoms with Gasteiger partial charge in [-0.2, -0.15) is 5.10 Å². The van der Waals surface area contributed by atoms with Gasteiger partial charge in [-0.25, -0.2) is 0 Å². The summed E-state index contributed by atoms with van der Waals surface area (Å²) in [6, 6.07) is 21.3.